The van der Waals surface area contributed by atoms with E-state index in [2.05, 4.69) is 18.7 Å². The lowest BCUT2D eigenvalue weighted by atomic mass is 9.94. The zero-order valence-corrected chi connectivity index (χ0v) is 22.0. The Kier molecular flexibility index (Phi) is 9.53. The van der Waals surface area contributed by atoms with Gasteiger partial charge in [0.25, 0.3) is 11.7 Å². The highest BCUT2D eigenvalue weighted by Gasteiger charge is 2.46. The lowest BCUT2D eigenvalue weighted by Gasteiger charge is -2.28. The van der Waals surface area contributed by atoms with Gasteiger partial charge in [0.15, 0.2) is 0 Å². The number of benzene rings is 2. The Balaban J connectivity index is 2.07. The highest BCUT2D eigenvalue weighted by Crippen LogP contribution is 2.40. The van der Waals surface area contributed by atoms with Gasteiger partial charge in [0.2, 0.25) is 0 Å². The van der Waals surface area contributed by atoms with Crippen LogP contribution in [0.1, 0.15) is 56.8 Å². The highest BCUT2D eigenvalue weighted by molar-refractivity contribution is 6.46. The molecule has 1 saturated heterocycles. The zero-order valence-electron chi connectivity index (χ0n) is 22.0. The lowest BCUT2D eigenvalue weighted by Crippen LogP contribution is -2.38. The maximum Gasteiger partial charge on any atom is 0.295 e. The maximum atomic E-state index is 13.3. The first-order chi connectivity index (χ1) is 17.4. The van der Waals surface area contributed by atoms with Crippen LogP contribution in [0.15, 0.2) is 48.0 Å². The van der Waals surface area contributed by atoms with Crippen LogP contribution in [0.3, 0.4) is 0 Å². The number of nitrogens with zero attached hydrogens (tertiary/aromatic N) is 2. The predicted octanol–water partition coefficient (Wildman–Crippen LogP) is 4.95. The SMILES string of the molecule is CCCOc1ccc(C2C(=C(O)c3ccc(OCC)cc3C)C(=O)C(=O)N2CCN(CC)CC)cc1. The molecule has 7 heteroatoms. The molecule has 0 aliphatic carbocycles. The number of aryl methyl sites for hydroxylation is 1. The first kappa shape index (κ1) is 27.3. The third-order valence-electron chi connectivity index (χ3n) is 6.52. The molecule has 194 valence electrons. The molecule has 2 aromatic rings. The molecule has 1 atom stereocenters. The summed E-state index contributed by atoms with van der Waals surface area (Å²) in [5.74, 6) is -0.0238. The van der Waals surface area contributed by atoms with Crippen LogP contribution in [-0.4, -0.2) is 66.0 Å². The number of Topliss-reactive ketones (excluding diaryl/α,β-unsaturated/α-hetero) is 1. The van der Waals surface area contributed by atoms with Gasteiger partial charge in [-0.1, -0.05) is 32.9 Å². The summed E-state index contributed by atoms with van der Waals surface area (Å²) in [6.45, 7) is 13.8. The summed E-state index contributed by atoms with van der Waals surface area (Å²) in [6.07, 6.45) is 0.898. The number of aliphatic hydroxyl groups excluding tert-OH is 1. The van der Waals surface area contributed by atoms with Crippen molar-refractivity contribution in [1.29, 1.82) is 0 Å². The van der Waals surface area contributed by atoms with Gasteiger partial charge in [-0.2, -0.15) is 0 Å². The van der Waals surface area contributed by atoms with E-state index in [1.54, 1.807) is 17.0 Å². The fourth-order valence-corrected chi connectivity index (χ4v) is 4.52. The molecule has 0 radical (unpaired) electrons. The summed E-state index contributed by atoms with van der Waals surface area (Å²) in [7, 11) is 0. The van der Waals surface area contributed by atoms with Gasteiger partial charge in [0, 0.05) is 18.7 Å². The zero-order chi connectivity index (χ0) is 26.2. The minimum Gasteiger partial charge on any atom is -0.507 e. The van der Waals surface area contributed by atoms with E-state index >= 15 is 0 Å². The van der Waals surface area contributed by atoms with Gasteiger partial charge in [-0.3, -0.25) is 9.59 Å². The molecule has 36 heavy (non-hydrogen) atoms. The van der Waals surface area contributed by atoms with Gasteiger partial charge in [-0.15, -0.1) is 0 Å². The molecule has 1 heterocycles. The average Bonchev–Trinajstić information content (AvgIpc) is 3.13. The van der Waals surface area contributed by atoms with Crippen molar-refractivity contribution in [2.75, 3.05) is 39.4 Å². The topological polar surface area (TPSA) is 79.3 Å². The van der Waals surface area contributed by atoms with E-state index < -0.39 is 17.7 Å². The number of ether oxygens (including phenoxy) is 2. The first-order valence-corrected chi connectivity index (χ1v) is 12.8. The van der Waals surface area contributed by atoms with E-state index in [1.807, 2.05) is 51.1 Å². The Hall–Kier alpha value is -3.32. The van der Waals surface area contributed by atoms with E-state index in [0.717, 1.165) is 36.4 Å². The quantitative estimate of drug-likeness (QED) is 0.256. The molecule has 7 nitrogen and oxygen atoms in total. The molecule has 0 aromatic heterocycles. The van der Waals surface area contributed by atoms with Crippen molar-refractivity contribution in [1.82, 2.24) is 9.80 Å². The molecule has 2 aromatic carbocycles. The molecule has 1 fully saturated rings. The van der Waals surface area contributed by atoms with Crippen LogP contribution < -0.4 is 9.47 Å². The van der Waals surface area contributed by atoms with Crippen molar-refractivity contribution in [3.63, 3.8) is 0 Å². The van der Waals surface area contributed by atoms with E-state index in [4.69, 9.17) is 9.47 Å². The fraction of sp³-hybridized carbons (Fsp3) is 0.448. The molecule has 0 spiro atoms. The number of rotatable bonds is 12. The summed E-state index contributed by atoms with van der Waals surface area (Å²) in [6, 6.07) is 12.1. The van der Waals surface area contributed by atoms with Crippen molar-refractivity contribution in [3.8, 4) is 11.5 Å². The fourth-order valence-electron chi connectivity index (χ4n) is 4.52. The van der Waals surface area contributed by atoms with Crippen LogP contribution >= 0.6 is 0 Å². The third kappa shape index (κ3) is 5.90. The van der Waals surface area contributed by atoms with Gasteiger partial charge in [0.1, 0.15) is 17.3 Å². The van der Waals surface area contributed by atoms with E-state index in [0.29, 0.717) is 37.6 Å². The summed E-state index contributed by atoms with van der Waals surface area (Å²) in [4.78, 5) is 30.3. The van der Waals surface area contributed by atoms with Crippen LogP contribution in [0.4, 0.5) is 0 Å². The largest absolute Gasteiger partial charge is 0.507 e. The van der Waals surface area contributed by atoms with Gasteiger partial charge in [-0.05, 0) is 74.8 Å². The van der Waals surface area contributed by atoms with Crippen molar-refractivity contribution >= 4 is 17.4 Å². The standard InChI is InChI=1S/C29H38N2O5/c1-6-18-36-22-12-10-21(11-13-22)26-25(27(32)24-15-14-23(35-9-4)19-20(24)5)28(33)29(34)31(26)17-16-30(7-2)8-3/h10-15,19,26,32H,6-9,16-18H2,1-5H3. The smallest absolute Gasteiger partial charge is 0.295 e. The Labute approximate surface area is 214 Å². The Morgan fingerprint density at radius 2 is 1.64 bits per heavy atom. The number of aliphatic hydroxyl groups is 1. The van der Waals surface area contributed by atoms with Gasteiger partial charge in [-0.25, -0.2) is 0 Å². The van der Waals surface area contributed by atoms with Crippen molar-refractivity contribution in [3.05, 3.63) is 64.7 Å². The minimum absolute atomic E-state index is 0.106. The molecule has 1 amide bonds. The molecule has 1 N–H and O–H groups in total. The molecular formula is C29H38N2O5. The molecule has 1 unspecified atom stereocenters. The monoisotopic (exact) mass is 494 g/mol. The maximum absolute atomic E-state index is 13.3. The molecule has 1 aliphatic rings. The van der Waals surface area contributed by atoms with Crippen molar-refractivity contribution < 1.29 is 24.2 Å². The Bertz CT molecular complexity index is 1090. The highest BCUT2D eigenvalue weighted by atomic mass is 16.5. The van der Waals surface area contributed by atoms with Crippen LogP contribution in [0.5, 0.6) is 11.5 Å². The third-order valence-corrected chi connectivity index (χ3v) is 6.52. The van der Waals surface area contributed by atoms with Crippen molar-refractivity contribution in [2.24, 2.45) is 0 Å². The second kappa shape index (κ2) is 12.6. The number of hydrogen-bond acceptors (Lipinski definition) is 6. The number of hydrogen-bond donors (Lipinski definition) is 1. The van der Waals surface area contributed by atoms with Crippen LogP contribution in [-0.2, 0) is 9.59 Å². The second-order valence-corrected chi connectivity index (χ2v) is 8.85. The minimum atomic E-state index is -0.688. The van der Waals surface area contributed by atoms with Gasteiger partial charge in [0.05, 0.1) is 24.8 Å². The Morgan fingerprint density at radius 1 is 0.972 bits per heavy atom. The first-order valence-electron chi connectivity index (χ1n) is 12.8. The lowest BCUT2D eigenvalue weighted by molar-refractivity contribution is -0.140. The number of likely N-dealkylation sites (tertiary alicyclic amines) is 1. The van der Waals surface area contributed by atoms with Crippen LogP contribution in [0.25, 0.3) is 5.76 Å². The van der Waals surface area contributed by atoms with E-state index in [1.165, 1.54) is 0 Å². The Morgan fingerprint density at radius 3 is 2.22 bits per heavy atom. The number of amides is 1. The second-order valence-electron chi connectivity index (χ2n) is 8.85. The number of carbonyl (C=O) groups is 2. The van der Waals surface area contributed by atoms with Gasteiger partial charge >= 0.3 is 0 Å². The van der Waals surface area contributed by atoms with Gasteiger partial charge < -0.3 is 24.4 Å². The number of carbonyl (C=O) groups excluding carboxylic acids is 2. The molecule has 3 rings (SSSR count). The van der Waals surface area contributed by atoms with Crippen molar-refractivity contribution in [2.45, 2.75) is 47.1 Å². The molecule has 0 saturated carbocycles. The summed E-state index contributed by atoms with van der Waals surface area (Å²) in [5, 5.41) is 11.4. The molecule has 0 bridgehead atoms. The predicted molar refractivity (Wildman–Crippen MR) is 141 cm³/mol. The average molecular weight is 495 g/mol. The summed E-state index contributed by atoms with van der Waals surface area (Å²) in [5.41, 5.74) is 2.12. The number of ketones is 1. The van der Waals surface area contributed by atoms with Crippen LogP contribution in [0.2, 0.25) is 0 Å². The van der Waals surface area contributed by atoms with E-state index in [9.17, 15) is 14.7 Å². The molecular weight excluding hydrogens is 456 g/mol. The summed E-state index contributed by atoms with van der Waals surface area (Å²) < 4.78 is 11.3. The number of likely N-dealkylation sites (N-methyl/N-ethyl adjacent to an activating group) is 1. The molecule has 1 aliphatic heterocycles. The normalized spacial score (nSPS) is 17.2. The van der Waals surface area contributed by atoms with Crippen LogP contribution in [0, 0.1) is 6.92 Å². The summed E-state index contributed by atoms with van der Waals surface area (Å²) >= 11 is 0. The van der Waals surface area contributed by atoms with E-state index in [-0.39, 0.29) is 11.3 Å².